The molecule has 1 aliphatic heterocycles. The Morgan fingerprint density at radius 3 is 2.79 bits per heavy atom. The molecule has 0 saturated carbocycles. The number of ether oxygens (including phenoxy) is 1. The fourth-order valence-electron chi connectivity index (χ4n) is 1.54. The summed E-state index contributed by atoms with van der Waals surface area (Å²) >= 11 is 0. The molecule has 1 aromatic carbocycles. The molecule has 1 aliphatic rings. The van der Waals surface area contributed by atoms with E-state index in [4.69, 9.17) is 4.74 Å². The van der Waals surface area contributed by atoms with E-state index in [1.54, 1.807) is 0 Å². The quantitative estimate of drug-likeness (QED) is 0.721. The average Bonchev–Trinajstić information content (AvgIpc) is 2.23. The zero-order valence-corrected chi connectivity index (χ0v) is 8.36. The van der Waals surface area contributed by atoms with Crippen LogP contribution in [0.4, 0.5) is 5.69 Å². The van der Waals surface area contributed by atoms with Crippen LogP contribution in [0.3, 0.4) is 0 Å². The standard InChI is InChI=1S/C12H15NO/c1-10-7-8-14-9-12(10)13-11-5-3-2-4-6-11/h2-7,12-13H,8-9H2,1H3/t12-/m0/s1. The number of rotatable bonds is 2. The molecule has 2 rings (SSSR count). The third kappa shape index (κ3) is 2.15. The van der Waals surface area contributed by atoms with Crippen molar-refractivity contribution in [1.29, 1.82) is 0 Å². The van der Waals surface area contributed by atoms with Crippen molar-refractivity contribution in [3.63, 3.8) is 0 Å². The lowest BCUT2D eigenvalue weighted by Gasteiger charge is -2.24. The van der Waals surface area contributed by atoms with Gasteiger partial charge in [0.2, 0.25) is 0 Å². The maximum absolute atomic E-state index is 5.39. The topological polar surface area (TPSA) is 21.3 Å². The Morgan fingerprint density at radius 2 is 2.07 bits per heavy atom. The number of benzene rings is 1. The predicted molar refractivity (Wildman–Crippen MR) is 58.4 cm³/mol. The highest BCUT2D eigenvalue weighted by atomic mass is 16.5. The van der Waals surface area contributed by atoms with Crippen molar-refractivity contribution in [1.82, 2.24) is 0 Å². The van der Waals surface area contributed by atoms with E-state index in [9.17, 15) is 0 Å². The first kappa shape index (κ1) is 9.28. The molecule has 2 nitrogen and oxygen atoms in total. The predicted octanol–water partition coefficient (Wildman–Crippen LogP) is 2.44. The average molecular weight is 189 g/mol. The van der Waals surface area contributed by atoms with Crippen LogP contribution in [-0.4, -0.2) is 19.3 Å². The third-order valence-corrected chi connectivity index (χ3v) is 2.47. The van der Waals surface area contributed by atoms with Gasteiger partial charge in [0.05, 0.1) is 19.3 Å². The van der Waals surface area contributed by atoms with E-state index in [0.717, 1.165) is 18.9 Å². The van der Waals surface area contributed by atoms with Crippen LogP contribution in [0, 0.1) is 0 Å². The first-order valence-electron chi connectivity index (χ1n) is 4.92. The zero-order chi connectivity index (χ0) is 9.80. The van der Waals surface area contributed by atoms with Crippen molar-refractivity contribution in [3.8, 4) is 0 Å². The van der Waals surface area contributed by atoms with Gasteiger partial charge >= 0.3 is 0 Å². The highest BCUT2D eigenvalue weighted by Crippen LogP contribution is 2.14. The van der Waals surface area contributed by atoms with Gasteiger partial charge in [-0.15, -0.1) is 0 Å². The van der Waals surface area contributed by atoms with Crippen LogP contribution in [0.25, 0.3) is 0 Å². The molecule has 0 spiro atoms. The Morgan fingerprint density at radius 1 is 1.29 bits per heavy atom. The van der Waals surface area contributed by atoms with Gasteiger partial charge in [-0.05, 0) is 19.1 Å². The number of nitrogens with one attached hydrogen (secondary N) is 1. The summed E-state index contributed by atoms with van der Waals surface area (Å²) in [6.45, 7) is 3.65. The largest absolute Gasteiger partial charge is 0.376 e. The number of hydrogen-bond acceptors (Lipinski definition) is 2. The molecule has 2 heteroatoms. The minimum Gasteiger partial charge on any atom is -0.376 e. The van der Waals surface area contributed by atoms with Gasteiger partial charge in [-0.3, -0.25) is 0 Å². The molecule has 0 fully saturated rings. The Hall–Kier alpha value is -1.28. The summed E-state index contributed by atoms with van der Waals surface area (Å²) in [6, 6.07) is 10.6. The summed E-state index contributed by atoms with van der Waals surface area (Å²) < 4.78 is 5.39. The van der Waals surface area contributed by atoms with Crippen LogP contribution < -0.4 is 5.32 Å². The van der Waals surface area contributed by atoms with Crippen LogP contribution >= 0.6 is 0 Å². The summed E-state index contributed by atoms with van der Waals surface area (Å²) in [5.41, 5.74) is 2.51. The molecule has 1 atom stereocenters. The second-order valence-corrected chi connectivity index (χ2v) is 3.55. The van der Waals surface area contributed by atoms with Crippen molar-refractivity contribution < 1.29 is 4.74 Å². The Balaban J connectivity index is 2.04. The first-order chi connectivity index (χ1) is 6.86. The van der Waals surface area contributed by atoms with Crippen LogP contribution in [-0.2, 0) is 4.74 Å². The van der Waals surface area contributed by atoms with Crippen molar-refractivity contribution >= 4 is 5.69 Å². The number of anilines is 1. The molecular formula is C12H15NO. The second kappa shape index (κ2) is 4.29. The van der Waals surface area contributed by atoms with Gasteiger partial charge in [-0.25, -0.2) is 0 Å². The molecule has 0 bridgehead atoms. The molecule has 0 aliphatic carbocycles. The van der Waals surface area contributed by atoms with Gasteiger partial charge in [-0.2, -0.15) is 0 Å². The summed E-state index contributed by atoms with van der Waals surface area (Å²) in [6.07, 6.45) is 2.13. The molecule has 1 heterocycles. The lowest BCUT2D eigenvalue weighted by Crippen LogP contribution is -2.29. The summed E-state index contributed by atoms with van der Waals surface area (Å²) in [4.78, 5) is 0. The highest BCUT2D eigenvalue weighted by Gasteiger charge is 2.13. The molecule has 1 N–H and O–H groups in total. The summed E-state index contributed by atoms with van der Waals surface area (Å²) in [5, 5.41) is 3.44. The summed E-state index contributed by atoms with van der Waals surface area (Å²) in [5.74, 6) is 0. The molecular weight excluding hydrogens is 174 g/mol. The molecule has 0 radical (unpaired) electrons. The monoisotopic (exact) mass is 189 g/mol. The molecule has 0 amide bonds. The normalized spacial score (nSPS) is 21.5. The molecule has 1 aromatic rings. The van der Waals surface area contributed by atoms with Gasteiger partial charge in [0, 0.05) is 5.69 Å². The number of hydrogen-bond donors (Lipinski definition) is 1. The van der Waals surface area contributed by atoms with Crippen molar-refractivity contribution in [2.75, 3.05) is 18.5 Å². The van der Waals surface area contributed by atoms with Crippen molar-refractivity contribution in [2.24, 2.45) is 0 Å². The third-order valence-electron chi connectivity index (χ3n) is 2.47. The van der Waals surface area contributed by atoms with E-state index in [1.807, 2.05) is 18.2 Å². The van der Waals surface area contributed by atoms with Crippen LogP contribution in [0.1, 0.15) is 6.92 Å². The van der Waals surface area contributed by atoms with Crippen molar-refractivity contribution in [3.05, 3.63) is 42.0 Å². The first-order valence-corrected chi connectivity index (χ1v) is 4.92. The molecule has 0 saturated heterocycles. The second-order valence-electron chi connectivity index (χ2n) is 3.55. The molecule has 0 unspecified atom stereocenters. The summed E-state index contributed by atoms with van der Waals surface area (Å²) in [7, 11) is 0. The lowest BCUT2D eigenvalue weighted by atomic mass is 10.1. The fourth-order valence-corrected chi connectivity index (χ4v) is 1.54. The van der Waals surface area contributed by atoms with Gasteiger partial charge in [0.1, 0.15) is 0 Å². The van der Waals surface area contributed by atoms with Crippen LogP contribution in [0.2, 0.25) is 0 Å². The van der Waals surface area contributed by atoms with E-state index in [1.165, 1.54) is 5.57 Å². The molecule has 74 valence electrons. The maximum atomic E-state index is 5.39. The van der Waals surface area contributed by atoms with E-state index < -0.39 is 0 Å². The SMILES string of the molecule is CC1=CCOC[C@@H]1Nc1ccccc1. The van der Waals surface area contributed by atoms with Gasteiger partial charge in [0.15, 0.2) is 0 Å². The fraction of sp³-hybridized carbons (Fsp3) is 0.333. The Bertz CT molecular complexity index is 318. The minimum absolute atomic E-state index is 0.325. The Kier molecular flexibility index (Phi) is 2.84. The van der Waals surface area contributed by atoms with E-state index in [-0.39, 0.29) is 0 Å². The molecule has 14 heavy (non-hydrogen) atoms. The highest BCUT2D eigenvalue weighted by molar-refractivity contribution is 5.45. The van der Waals surface area contributed by atoms with Crippen LogP contribution in [0.5, 0.6) is 0 Å². The number of para-hydroxylation sites is 1. The van der Waals surface area contributed by atoms with Gasteiger partial charge in [0.25, 0.3) is 0 Å². The van der Waals surface area contributed by atoms with Gasteiger partial charge in [-0.1, -0.05) is 29.8 Å². The molecule has 0 aromatic heterocycles. The minimum atomic E-state index is 0.325. The van der Waals surface area contributed by atoms with E-state index in [2.05, 4.69) is 30.4 Å². The van der Waals surface area contributed by atoms with Crippen molar-refractivity contribution in [2.45, 2.75) is 13.0 Å². The Labute approximate surface area is 84.6 Å². The smallest absolute Gasteiger partial charge is 0.0710 e. The maximum Gasteiger partial charge on any atom is 0.0710 e. The van der Waals surface area contributed by atoms with E-state index >= 15 is 0 Å². The van der Waals surface area contributed by atoms with Gasteiger partial charge < -0.3 is 10.1 Å². The lowest BCUT2D eigenvalue weighted by molar-refractivity contribution is 0.147. The van der Waals surface area contributed by atoms with E-state index in [0.29, 0.717) is 6.04 Å². The van der Waals surface area contributed by atoms with Crippen LogP contribution in [0.15, 0.2) is 42.0 Å². The zero-order valence-electron chi connectivity index (χ0n) is 8.36.